The summed E-state index contributed by atoms with van der Waals surface area (Å²) in [6.07, 6.45) is 8.62. The van der Waals surface area contributed by atoms with Crippen LogP contribution in [0.3, 0.4) is 0 Å². The molecule has 3 atom stereocenters. The van der Waals surface area contributed by atoms with Gasteiger partial charge < -0.3 is 5.32 Å². The first-order chi connectivity index (χ1) is 8.59. The highest BCUT2D eigenvalue weighted by Crippen LogP contribution is 2.26. The lowest BCUT2D eigenvalue weighted by Gasteiger charge is -2.48. The molecule has 2 heteroatoms. The van der Waals surface area contributed by atoms with Crippen molar-refractivity contribution in [3.8, 4) is 0 Å². The van der Waals surface area contributed by atoms with E-state index in [1.54, 1.807) is 0 Å². The smallest absolute Gasteiger partial charge is 0.0247 e. The maximum absolute atomic E-state index is 3.76. The average molecular weight is 250 g/mol. The van der Waals surface area contributed by atoms with Crippen molar-refractivity contribution in [1.82, 2.24) is 10.2 Å². The Labute approximate surface area is 113 Å². The summed E-state index contributed by atoms with van der Waals surface area (Å²) in [5.41, 5.74) is 0. The second kappa shape index (κ2) is 6.21. The van der Waals surface area contributed by atoms with Gasteiger partial charge in [-0.2, -0.15) is 0 Å². The first kappa shape index (κ1) is 14.1. The molecule has 2 rings (SSSR count). The van der Waals surface area contributed by atoms with Crippen LogP contribution in [0.5, 0.6) is 0 Å². The van der Waals surface area contributed by atoms with Crippen LogP contribution in [-0.2, 0) is 0 Å². The fraction of sp³-hybridized carbons (Fsp3) is 0.875. The Balaban J connectivity index is 2.06. The van der Waals surface area contributed by atoms with E-state index in [0.29, 0.717) is 6.04 Å². The molecule has 0 radical (unpaired) electrons. The number of nitrogens with zero attached hydrogens (tertiary/aromatic N) is 1. The maximum atomic E-state index is 3.76. The van der Waals surface area contributed by atoms with Gasteiger partial charge >= 0.3 is 0 Å². The molecule has 1 aliphatic carbocycles. The molecular weight excluding hydrogens is 220 g/mol. The molecule has 0 spiro atoms. The molecule has 1 saturated heterocycles. The highest BCUT2D eigenvalue weighted by Gasteiger charge is 2.34. The molecule has 18 heavy (non-hydrogen) atoms. The van der Waals surface area contributed by atoms with Gasteiger partial charge in [-0.05, 0) is 31.1 Å². The number of nitrogens with one attached hydrogen (secondary N) is 1. The van der Waals surface area contributed by atoms with Gasteiger partial charge in [0.1, 0.15) is 0 Å². The SMILES string of the molecule is CC(C)C1CN(C2CC=CCC2)C(C(C)C)CN1. The molecule has 2 aliphatic rings. The third-order valence-electron chi connectivity index (χ3n) is 4.71. The summed E-state index contributed by atoms with van der Waals surface area (Å²) in [7, 11) is 0. The Hall–Kier alpha value is -0.340. The zero-order chi connectivity index (χ0) is 13.1. The second-order valence-electron chi connectivity index (χ2n) is 6.71. The highest BCUT2D eigenvalue weighted by molar-refractivity contribution is 4.99. The predicted octanol–water partition coefficient (Wildman–Crippen LogP) is 3.05. The van der Waals surface area contributed by atoms with Gasteiger partial charge in [0, 0.05) is 31.2 Å². The van der Waals surface area contributed by atoms with Crippen LogP contribution in [0.2, 0.25) is 0 Å². The van der Waals surface area contributed by atoms with Crippen LogP contribution in [-0.4, -0.2) is 36.1 Å². The topological polar surface area (TPSA) is 15.3 Å². The zero-order valence-corrected chi connectivity index (χ0v) is 12.5. The molecule has 2 nitrogen and oxygen atoms in total. The van der Waals surface area contributed by atoms with Crippen LogP contribution in [0, 0.1) is 11.8 Å². The second-order valence-corrected chi connectivity index (χ2v) is 6.71. The summed E-state index contributed by atoms with van der Waals surface area (Å²) in [6.45, 7) is 11.8. The minimum absolute atomic E-state index is 0.672. The fourth-order valence-corrected chi connectivity index (χ4v) is 3.38. The van der Waals surface area contributed by atoms with Crippen LogP contribution in [0.25, 0.3) is 0 Å². The average Bonchev–Trinajstić information content (AvgIpc) is 2.39. The molecule has 1 aliphatic heterocycles. The van der Waals surface area contributed by atoms with E-state index in [1.807, 2.05) is 0 Å². The minimum atomic E-state index is 0.672. The van der Waals surface area contributed by atoms with Crippen molar-refractivity contribution < 1.29 is 0 Å². The van der Waals surface area contributed by atoms with Gasteiger partial charge in [0.25, 0.3) is 0 Å². The predicted molar refractivity (Wildman–Crippen MR) is 78.7 cm³/mol. The third-order valence-corrected chi connectivity index (χ3v) is 4.71. The maximum Gasteiger partial charge on any atom is 0.0247 e. The van der Waals surface area contributed by atoms with E-state index in [9.17, 15) is 0 Å². The summed E-state index contributed by atoms with van der Waals surface area (Å²) in [6, 6.07) is 2.17. The molecule has 0 saturated carbocycles. The summed E-state index contributed by atoms with van der Waals surface area (Å²) >= 11 is 0. The molecule has 0 aromatic heterocycles. The Bertz CT molecular complexity index is 283. The van der Waals surface area contributed by atoms with E-state index in [1.165, 1.54) is 32.4 Å². The molecule has 1 fully saturated rings. The van der Waals surface area contributed by atoms with Crippen LogP contribution >= 0.6 is 0 Å². The fourth-order valence-electron chi connectivity index (χ4n) is 3.38. The van der Waals surface area contributed by atoms with Gasteiger partial charge in [-0.15, -0.1) is 0 Å². The molecule has 1 heterocycles. The van der Waals surface area contributed by atoms with Crippen molar-refractivity contribution in [3.63, 3.8) is 0 Å². The third kappa shape index (κ3) is 3.16. The number of hydrogen-bond donors (Lipinski definition) is 1. The number of allylic oxidation sites excluding steroid dienone is 1. The van der Waals surface area contributed by atoms with E-state index in [4.69, 9.17) is 0 Å². The van der Waals surface area contributed by atoms with Crippen molar-refractivity contribution in [2.75, 3.05) is 13.1 Å². The van der Waals surface area contributed by atoms with E-state index < -0.39 is 0 Å². The standard InChI is InChI=1S/C16H30N2/c1-12(2)15-11-18(14-8-6-5-7-9-14)16(10-17-15)13(3)4/h5-6,12-17H,7-11H2,1-4H3. The lowest BCUT2D eigenvalue weighted by atomic mass is 9.89. The van der Waals surface area contributed by atoms with Crippen LogP contribution in [0.15, 0.2) is 12.2 Å². The molecule has 0 aromatic rings. The van der Waals surface area contributed by atoms with Crippen LogP contribution in [0.4, 0.5) is 0 Å². The van der Waals surface area contributed by atoms with Crippen molar-refractivity contribution >= 4 is 0 Å². The van der Waals surface area contributed by atoms with Gasteiger partial charge in [0.15, 0.2) is 0 Å². The van der Waals surface area contributed by atoms with E-state index in [2.05, 4.69) is 50.1 Å². The Morgan fingerprint density at radius 1 is 1.11 bits per heavy atom. The quantitative estimate of drug-likeness (QED) is 0.775. The summed E-state index contributed by atoms with van der Waals surface area (Å²) in [5.74, 6) is 1.48. The molecule has 104 valence electrons. The largest absolute Gasteiger partial charge is 0.311 e. The Morgan fingerprint density at radius 3 is 2.44 bits per heavy atom. The summed E-state index contributed by atoms with van der Waals surface area (Å²) in [5, 5.41) is 3.76. The number of piperazine rings is 1. The van der Waals surface area contributed by atoms with Crippen molar-refractivity contribution in [2.24, 2.45) is 11.8 Å². The van der Waals surface area contributed by atoms with E-state index in [0.717, 1.165) is 23.9 Å². The summed E-state index contributed by atoms with van der Waals surface area (Å²) in [4.78, 5) is 2.81. The molecule has 0 amide bonds. The van der Waals surface area contributed by atoms with Gasteiger partial charge in [0.05, 0.1) is 0 Å². The van der Waals surface area contributed by atoms with Crippen LogP contribution in [0.1, 0.15) is 47.0 Å². The molecule has 1 N–H and O–H groups in total. The lowest BCUT2D eigenvalue weighted by Crippen LogP contribution is -2.62. The number of hydrogen-bond acceptors (Lipinski definition) is 2. The van der Waals surface area contributed by atoms with Crippen molar-refractivity contribution in [1.29, 1.82) is 0 Å². The van der Waals surface area contributed by atoms with Crippen molar-refractivity contribution in [3.05, 3.63) is 12.2 Å². The molecule has 0 bridgehead atoms. The molecule has 3 unspecified atom stereocenters. The normalized spacial score (nSPS) is 34.4. The zero-order valence-electron chi connectivity index (χ0n) is 12.5. The number of rotatable bonds is 3. The monoisotopic (exact) mass is 250 g/mol. The molecule has 0 aromatic carbocycles. The van der Waals surface area contributed by atoms with Crippen LogP contribution < -0.4 is 5.32 Å². The van der Waals surface area contributed by atoms with E-state index in [-0.39, 0.29) is 0 Å². The van der Waals surface area contributed by atoms with Gasteiger partial charge in [-0.1, -0.05) is 39.8 Å². The molecular formula is C16H30N2. The minimum Gasteiger partial charge on any atom is -0.311 e. The van der Waals surface area contributed by atoms with Gasteiger partial charge in [0.2, 0.25) is 0 Å². The highest BCUT2D eigenvalue weighted by atomic mass is 15.3. The first-order valence-electron chi connectivity index (χ1n) is 7.73. The summed E-state index contributed by atoms with van der Waals surface area (Å²) < 4.78 is 0. The van der Waals surface area contributed by atoms with Gasteiger partial charge in [-0.25, -0.2) is 0 Å². The first-order valence-corrected chi connectivity index (χ1v) is 7.73. The lowest BCUT2D eigenvalue weighted by molar-refractivity contribution is 0.0417. The van der Waals surface area contributed by atoms with Gasteiger partial charge in [-0.3, -0.25) is 4.90 Å². The van der Waals surface area contributed by atoms with E-state index >= 15 is 0 Å². The Morgan fingerprint density at radius 2 is 1.89 bits per heavy atom. The van der Waals surface area contributed by atoms with Crippen molar-refractivity contribution in [2.45, 2.75) is 65.1 Å². The Kier molecular flexibility index (Phi) is 4.85.